The Kier molecular flexibility index (Phi) is 5.55. The summed E-state index contributed by atoms with van der Waals surface area (Å²) in [5, 5.41) is 2.58. The lowest BCUT2D eigenvalue weighted by Gasteiger charge is -2.09. The number of alkyl halides is 3. The van der Waals surface area contributed by atoms with E-state index in [1.54, 1.807) is 24.4 Å². The van der Waals surface area contributed by atoms with Crippen LogP contribution in [0.2, 0.25) is 5.15 Å². The number of ether oxygens (including phenoxy) is 1. The second-order valence-electron chi connectivity index (χ2n) is 5.65. The van der Waals surface area contributed by atoms with Gasteiger partial charge in [-0.15, -0.1) is 0 Å². The first kappa shape index (κ1) is 19.7. The highest BCUT2D eigenvalue weighted by molar-refractivity contribution is 6.32. The van der Waals surface area contributed by atoms with Crippen LogP contribution >= 0.6 is 11.6 Å². The van der Waals surface area contributed by atoms with Crippen LogP contribution in [0, 0.1) is 0 Å². The number of fused-ring (bicyclic) bond motifs is 1. The summed E-state index contributed by atoms with van der Waals surface area (Å²) in [5.41, 5.74) is -0.233. The van der Waals surface area contributed by atoms with Gasteiger partial charge in [-0.2, -0.15) is 13.2 Å². The van der Waals surface area contributed by atoms with Gasteiger partial charge in [0.25, 0.3) is 5.91 Å². The lowest BCUT2D eigenvalue weighted by atomic mass is 10.1. The standard InChI is InChI=1S/C18H13ClF3N3O3/c19-15-14(25-9-2-1-3-13(25)24-15)16(26)23-8-10-28-17(27)11-4-6-12(7-5-11)18(20,21)22/h1-7,9H,8,10H2,(H,23,26). The molecule has 3 rings (SSSR count). The molecule has 1 N–H and O–H groups in total. The number of imidazole rings is 1. The fourth-order valence-corrected chi connectivity index (χ4v) is 2.70. The maximum atomic E-state index is 12.5. The van der Waals surface area contributed by atoms with Gasteiger partial charge in [0.1, 0.15) is 12.3 Å². The number of carbonyl (C=O) groups is 2. The zero-order chi connectivity index (χ0) is 20.3. The van der Waals surface area contributed by atoms with Crippen molar-refractivity contribution in [1.29, 1.82) is 0 Å². The Balaban J connectivity index is 1.53. The van der Waals surface area contributed by atoms with E-state index in [1.807, 2.05) is 0 Å². The monoisotopic (exact) mass is 411 g/mol. The number of esters is 1. The SMILES string of the molecule is O=C(OCCNC(=O)c1c(Cl)nc2ccccn12)c1ccc(C(F)(F)F)cc1. The van der Waals surface area contributed by atoms with Gasteiger partial charge in [-0.3, -0.25) is 9.20 Å². The molecule has 3 aromatic rings. The Morgan fingerprint density at radius 1 is 1.14 bits per heavy atom. The number of hydrogen-bond donors (Lipinski definition) is 1. The maximum absolute atomic E-state index is 12.5. The van der Waals surface area contributed by atoms with E-state index < -0.39 is 23.6 Å². The topological polar surface area (TPSA) is 72.7 Å². The summed E-state index contributed by atoms with van der Waals surface area (Å²) >= 11 is 5.99. The predicted octanol–water partition coefficient (Wildman–Crippen LogP) is 3.59. The van der Waals surface area contributed by atoms with Crippen molar-refractivity contribution >= 4 is 29.1 Å². The molecule has 0 aliphatic rings. The normalized spacial score (nSPS) is 11.4. The highest BCUT2D eigenvalue weighted by Gasteiger charge is 2.30. The molecular formula is C18H13ClF3N3O3. The average molecular weight is 412 g/mol. The third kappa shape index (κ3) is 4.25. The van der Waals surface area contributed by atoms with Crippen molar-refractivity contribution in [1.82, 2.24) is 14.7 Å². The van der Waals surface area contributed by atoms with E-state index in [2.05, 4.69) is 10.3 Å². The Morgan fingerprint density at radius 3 is 2.54 bits per heavy atom. The first-order chi connectivity index (χ1) is 13.3. The molecule has 1 amide bonds. The maximum Gasteiger partial charge on any atom is 0.416 e. The summed E-state index contributed by atoms with van der Waals surface area (Å²) in [6.45, 7) is -0.179. The Hall–Kier alpha value is -3.07. The quantitative estimate of drug-likeness (QED) is 0.514. The summed E-state index contributed by atoms with van der Waals surface area (Å²) in [4.78, 5) is 28.2. The molecule has 146 valence electrons. The van der Waals surface area contributed by atoms with Crippen molar-refractivity contribution < 1.29 is 27.5 Å². The van der Waals surface area contributed by atoms with Crippen LogP contribution in [0.5, 0.6) is 0 Å². The van der Waals surface area contributed by atoms with Crippen LogP contribution in [0.3, 0.4) is 0 Å². The van der Waals surface area contributed by atoms with Gasteiger partial charge in [0.15, 0.2) is 10.8 Å². The van der Waals surface area contributed by atoms with Crippen LogP contribution in [0.15, 0.2) is 48.7 Å². The van der Waals surface area contributed by atoms with Crippen LogP contribution in [-0.4, -0.2) is 34.4 Å². The molecule has 0 atom stereocenters. The van der Waals surface area contributed by atoms with Crippen LogP contribution < -0.4 is 5.32 Å². The molecule has 6 nitrogen and oxygen atoms in total. The third-order valence-electron chi connectivity index (χ3n) is 3.77. The highest BCUT2D eigenvalue weighted by atomic mass is 35.5. The summed E-state index contributed by atoms with van der Waals surface area (Å²) in [5.74, 6) is -1.30. The molecule has 10 heteroatoms. The summed E-state index contributed by atoms with van der Waals surface area (Å²) < 4.78 is 44.0. The Morgan fingerprint density at radius 2 is 1.86 bits per heavy atom. The molecule has 2 heterocycles. The Bertz CT molecular complexity index is 1020. The smallest absolute Gasteiger partial charge is 0.416 e. The molecule has 28 heavy (non-hydrogen) atoms. The fraction of sp³-hybridized carbons (Fsp3) is 0.167. The van der Waals surface area contributed by atoms with Crippen molar-refractivity contribution in [2.24, 2.45) is 0 Å². The molecule has 0 radical (unpaired) electrons. The molecule has 1 aromatic carbocycles. The molecule has 0 bridgehead atoms. The van der Waals surface area contributed by atoms with Crippen molar-refractivity contribution in [2.45, 2.75) is 6.18 Å². The molecular weight excluding hydrogens is 399 g/mol. The number of nitrogens with zero attached hydrogens (tertiary/aromatic N) is 2. The van der Waals surface area contributed by atoms with Gasteiger partial charge in [0, 0.05) is 6.20 Å². The number of benzene rings is 1. The number of carbonyl (C=O) groups excluding carboxylic acids is 2. The van der Waals surface area contributed by atoms with E-state index in [-0.39, 0.29) is 29.6 Å². The van der Waals surface area contributed by atoms with E-state index in [4.69, 9.17) is 16.3 Å². The first-order valence-electron chi connectivity index (χ1n) is 8.02. The minimum absolute atomic E-state index is 0.0123. The van der Waals surface area contributed by atoms with E-state index in [1.165, 1.54) is 4.40 Å². The van der Waals surface area contributed by atoms with Gasteiger partial charge in [-0.1, -0.05) is 17.7 Å². The number of pyridine rings is 1. The van der Waals surface area contributed by atoms with Gasteiger partial charge in [-0.05, 0) is 36.4 Å². The van der Waals surface area contributed by atoms with E-state index in [9.17, 15) is 22.8 Å². The van der Waals surface area contributed by atoms with Crippen molar-refractivity contribution in [2.75, 3.05) is 13.2 Å². The molecule has 2 aromatic heterocycles. The zero-order valence-corrected chi connectivity index (χ0v) is 14.9. The second kappa shape index (κ2) is 7.89. The first-order valence-corrected chi connectivity index (χ1v) is 8.40. The fourth-order valence-electron chi connectivity index (χ4n) is 2.44. The number of hydrogen-bond acceptors (Lipinski definition) is 4. The molecule has 0 fully saturated rings. The zero-order valence-electron chi connectivity index (χ0n) is 14.2. The van der Waals surface area contributed by atoms with Crippen LogP contribution in [0.4, 0.5) is 13.2 Å². The predicted molar refractivity (Wildman–Crippen MR) is 94.3 cm³/mol. The van der Waals surface area contributed by atoms with Gasteiger partial charge >= 0.3 is 12.1 Å². The average Bonchev–Trinajstić information content (AvgIpc) is 3.00. The molecule has 0 spiro atoms. The summed E-state index contributed by atoms with van der Waals surface area (Å²) in [6, 6.07) is 8.81. The van der Waals surface area contributed by atoms with Gasteiger partial charge < -0.3 is 10.1 Å². The molecule has 0 saturated heterocycles. The number of aromatic nitrogens is 2. The minimum atomic E-state index is -4.48. The van der Waals surface area contributed by atoms with Crippen molar-refractivity contribution in [3.63, 3.8) is 0 Å². The van der Waals surface area contributed by atoms with Gasteiger partial charge in [0.2, 0.25) is 0 Å². The van der Waals surface area contributed by atoms with Crippen LogP contribution in [-0.2, 0) is 10.9 Å². The van der Waals surface area contributed by atoms with Gasteiger partial charge in [-0.25, -0.2) is 9.78 Å². The van der Waals surface area contributed by atoms with Crippen LogP contribution in [0.1, 0.15) is 26.4 Å². The lowest BCUT2D eigenvalue weighted by molar-refractivity contribution is -0.137. The van der Waals surface area contributed by atoms with E-state index >= 15 is 0 Å². The highest BCUT2D eigenvalue weighted by Crippen LogP contribution is 2.29. The largest absolute Gasteiger partial charge is 0.460 e. The van der Waals surface area contributed by atoms with Crippen molar-refractivity contribution in [3.8, 4) is 0 Å². The van der Waals surface area contributed by atoms with E-state index in [0.717, 1.165) is 24.3 Å². The molecule has 0 aliphatic carbocycles. The second-order valence-corrected chi connectivity index (χ2v) is 6.01. The summed E-state index contributed by atoms with van der Waals surface area (Å²) in [6.07, 6.45) is -2.85. The third-order valence-corrected chi connectivity index (χ3v) is 4.03. The number of nitrogens with one attached hydrogen (secondary N) is 1. The Labute approximate surface area is 161 Å². The number of rotatable bonds is 5. The number of amides is 1. The summed E-state index contributed by atoms with van der Waals surface area (Å²) in [7, 11) is 0. The molecule has 0 unspecified atom stereocenters. The van der Waals surface area contributed by atoms with Crippen LogP contribution in [0.25, 0.3) is 5.65 Å². The molecule has 0 aliphatic heterocycles. The minimum Gasteiger partial charge on any atom is -0.460 e. The van der Waals surface area contributed by atoms with E-state index in [0.29, 0.717) is 5.65 Å². The van der Waals surface area contributed by atoms with Crippen molar-refractivity contribution in [3.05, 3.63) is 70.6 Å². The number of halogens is 4. The van der Waals surface area contributed by atoms with Gasteiger partial charge in [0.05, 0.1) is 17.7 Å². The molecule has 0 saturated carbocycles. The lowest BCUT2D eigenvalue weighted by Crippen LogP contribution is -2.29.